The molecule has 5 nitrogen and oxygen atoms in total. The maximum absolute atomic E-state index is 12.1. The third kappa shape index (κ3) is 2.15. The van der Waals surface area contributed by atoms with Crippen LogP contribution >= 0.6 is 0 Å². The topological polar surface area (TPSA) is 88.5 Å². The Kier molecular flexibility index (Phi) is 2.98. The third-order valence-electron chi connectivity index (χ3n) is 2.75. The second kappa shape index (κ2) is 4.10. The summed E-state index contributed by atoms with van der Waals surface area (Å²) >= 11 is 0. The van der Waals surface area contributed by atoms with Gasteiger partial charge in [-0.1, -0.05) is 6.92 Å². The molecule has 0 amide bonds. The zero-order chi connectivity index (χ0) is 13.6. The second-order valence-electron chi connectivity index (χ2n) is 4.01. The smallest absolute Gasteiger partial charge is 0.204 e. The van der Waals surface area contributed by atoms with E-state index in [1.54, 1.807) is 0 Å². The minimum atomic E-state index is -3.79. The fourth-order valence-corrected chi connectivity index (χ4v) is 4.86. The molecule has 0 spiro atoms. The van der Waals surface area contributed by atoms with Crippen LogP contribution in [0, 0.1) is 0 Å². The lowest BCUT2D eigenvalue weighted by Gasteiger charge is -2.04. The lowest BCUT2D eigenvalue weighted by molar-refractivity contribution is 0.473. The van der Waals surface area contributed by atoms with Gasteiger partial charge in [0.25, 0.3) is 0 Å². The SMILES string of the molecule is CCS(=O)(=O)CC1=Cc2ccc(O)cc2S1(=O)=O. The average Bonchev–Trinajstić information content (AvgIpc) is 2.52. The lowest BCUT2D eigenvalue weighted by atomic mass is 10.2. The van der Waals surface area contributed by atoms with Crippen molar-refractivity contribution >= 4 is 25.8 Å². The number of phenols is 1. The van der Waals surface area contributed by atoms with Gasteiger partial charge in [-0.2, -0.15) is 0 Å². The molecule has 0 saturated heterocycles. The summed E-state index contributed by atoms with van der Waals surface area (Å²) in [4.78, 5) is -0.172. The van der Waals surface area contributed by atoms with Gasteiger partial charge in [0.2, 0.25) is 9.84 Å². The van der Waals surface area contributed by atoms with Crippen molar-refractivity contribution in [2.75, 3.05) is 11.5 Å². The number of phenolic OH excluding ortho intramolecular Hbond substituents is 1. The highest BCUT2D eigenvalue weighted by Crippen LogP contribution is 2.35. The number of rotatable bonds is 3. The minimum absolute atomic E-state index is 0.0381. The number of hydrogen-bond acceptors (Lipinski definition) is 5. The number of sulfone groups is 2. The first-order valence-corrected chi connectivity index (χ1v) is 8.56. The summed E-state index contributed by atoms with van der Waals surface area (Å²) < 4.78 is 47.2. The summed E-state index contributed by atoms with van der Waals surface area (Å²) in [5.74, 6) is -0.770. The normalized spacial score (nSPS) is 17.3. The monoisotopic (exact) mass is 288 g/mol. The van der Waals surface area contributed by atoms with E-state index in [9.17, 15) is 21.9 Å². The van der Waals surface area contributed by atoms with Crippen LogP contribution in [0.2, 0.25) is 0 Å². The van der Waals surface area contributed by atoms with Crippen LogP contribution in [-0.4, -0.2) is 33.4 Å². The van der Waals surface area contributed by atoms with Crippen LogP contribution in [0.3, 0.4) is 0 Å². The van der Waals surface area contributed by atoms with Crippen molar-refractivity contribution in [3.05, 3.63) is 28.7 Å². The Labute approximate surface area is 106 Å². The predicted octanol–water partition coefficient (Wildman–Crippen LogP) is 0.955. The highest BCUT2D eigenvalue weighted by molar-refractivity contribution is 7.98. The summed E-state index contributed by atoms with van der Waals surface area (Å²) in [6.45, 7) is 1.47. The van der Waals surface area contributed by atoms with Crippen molar-refractivity contribution in [3.63, 3.8) is 0 Å². The standard InChI is InChI=1S/C11H12O5S2/c1-2-17(13,14)7-10-5-8-3-4-9(12)6-11(8)18(10,15)16/h3-6,12H,2,7H2,1H3. The first-order chi connectivity index (χ1) is 8.26. The highest BCUT2D eigenvalue weighted by atomic mass is 32.2. The molecule has 0 saturated carbocycles. The van der Waals surface area contributed by atoms with Crippen molar-refractivity contribution < 1.29 is 21.9 Å². The van der Waals surface area contributed by atoms with Crippen LogP contribution in [-0.2, 0) is 19.7 Å². The molecule has 1 aromatic carbocycles. The Morgan fingerprint density at radius 2 is 1.94 bits per heavy atom. The van der Waals surface area contributed by atoms with Gasteiger partial charge in [0.15, 0.2) is 9.84 Å². The first kappa shape index (κ1) is 13.1. The van der Waals surface area contributed by atoms with Gasteiger partial charge in [-0.05, 0) is 29.8 Å². The molecule has 18 heavy (non-hydrogen) atoms. The van der Waals surface area contributed by atoms with Crippen LogP contribution in [0.1, 0.15) is 12.5 Å². The van der Waals surface area contributed by atoms with Gasteiger partial charge in [-0.15, -0.1) is 0 Å². The predicted molar refractivity (Wildman–Crippen MR) is 67.6 cm³/mol. The zero-order valence-corrected chi connectivity index (χ0v) is 11.3. The second-order valence-corrected chi connectivity index (χ2v) is 8.34. The van der Waals surface area contributed by atoms with Crippen LogP contribution in [0.5, 0.6) is 5.75 Å². The Morgan fingerprint density at radius 1 is 1.28 bits per heavy atom. The van der Waals surface area contributed by atoms with Gasteiger partial charge in [0.05, 0.1) is 15.6 Å². The fourth-order valence-electron chi connectivity index (χ4n) is 1.71. The molecule has 2 rings (SSSR count). The number of aromatic hydroxyl groups is 1. The van der Waals surface area contributed by atoms with E-state index in [1.165, 1.54) is 25.1 Å². The molecule has 0 fully saturated rings. The number of fused-ring (bicyclic) bond motifs is 1. The maximum atomic E-state index is 12.1. The molecule has 0 aromatic heterocycles. The Bertz CT molecular complexity index is 727. The van der Waals surface area contributed by atoms with Crippen molar-refractivity contribution in [1.82, 2.24) is 0 Å². The van der Waals surface area contributed by atoms with E-state index >= 15 is 0 Å². The van der Waals surface area contributed by atoms with Gasteiger partial charge in [0, 0.05) is 5.75 Å². The van der Waals surface area contributed by atoms with Crippen molar-refractivity contribution in [3.8, 4) is 5.75 Å². The minimum Gasteiger partial charge on any atom is -0.508 e. The van der Waals surface area contributed by atoms with Gasteiger partial charge in [-0.25, -0.2) is 16.8 Å². The van der Waals surface area contributed by atoms with Gasteiger partial charge >= 0.3 is 0 Å². The largest absolute Gasteiger partial charge is 0.508 e. The molecular formula is C11H12O5S2. The Morgan fingerprint density at radius 3 is 2.56 bits per heavy atom. The van der Waals surface area contributed by atoms with E-state index in [2.05, 4.69) is 0 Å². The average molecular weight is 288 g/mol. The van der Waals surface area contributed by atoms with Crippen molar-refractivity contribution in [2.45, 2.75) is 11.8 Å². The zero-order valence-electron chi connectivity index (χ0n) is 9.62. The quantitative estimate of drug-likeness (QED) is 0.894. The molecule has 1 aromatic rings. The third-order valence-corrected chi connectivity index (χ3v) is 6.45. The molecule has 1 heterocycles. The number of hydrogen-bond donors (Lipinski definition) is 1. The number of benzene rings is 1. The van der Waals surface area contributed by atoms with E-state index in [1.807, 2.05) is 0 Å². The van der Waals surface area contributed by atoms with E-state index in [-0.39, 0.29) is 21.3 Å². The molecule has 0 radical (unpaired) electrons. The van der Waals surface area contributed by atoms with Gasteiger partial charge in [0.1, 0.15) is 5.75 Å². The molecule has 0 atom stereocenters. The van der Waals surface area contributed by atoms with Crippen LogP contribution in [0.25, 0.3) is 6.08 Å². The molecule has 7 heteroatoms. The van der Waals surface area contributed by atoms with Crippen molar-refractivity contribution in [1.29, 1.82) is 0 Å². The van der Waals surface area contributed by atoms with E-state index in [0.29, 0.717) is 5.56 Å². The van der Waals surface area contributed by atoms with Gasteiger partial charge < -0.3 is 5.11 Å². The van der Waals surface area contributed by atoms with E-state index < -0.39 is 25.4 Å². The molecule has 1 N–H and O–H groups in total. The van der Waals surface area contributed by atoms with E-state index in [0.717, 1.165) is 6.07 Å². The Balaban J connectivity index is 2.51. The highest BCUT2D eigenvalue weighted by Gasteiger charge is 2.32. The molecule has 0 bridgehead atoms. The molecule has 0 aliphatic carbocycles. The molecule has 1 aliphatic rings. The molecule has 0 unspecified atom stereocenters. The van der Waals surface area contributed by atoms with Gasteiger partial charge in [-0.3, -0.25) is 0 Å². The Hall–Kier alpha value is -1.34. The fraction of sp³-hybridized carbons (Fsp3) is 0.273. The summed E-state index contributed by atoms with van der Waals surface area (Å²) in [6, 6.07) is 3.95. The van der Waals surface area contributed by atoms with Crippen LogP contribution in [0.4, 0.5) is 0 Å². The van der Waals surface area contributed by atoms with Crippen LogP contribution in [0.15, 0.2) is 28.0 Å². The molecule has 1 aliphatic heterocycles. The van der Waals surface area contributed by atoms with Crippen LogP contribution < -0.4 is 0 Å². The van der Waals surface area contributed by atoms with E-state index in [4.69, 9.17) is 0 Å². The summed E-state index contributed by atoms with van der Waals surface area (Å²) in [6.07, 6.45) is 1.34. The molecular weight excluding hydrogens is 276 g/mol. The molecule has 98 valence electrons. The lowest BCUT2D eigenvalue weighted by Crippen LogP contribution is -2.14. The summed E-state index contributed by atoms with van der Waals surface area (Å²) in [5.41, 5.74) is 0.411. The van der Waals surface area contributed by atoms with Crippen molar-refractivity contribution in [2.24, 2.45) is 0 Å². The maximum Gasteiger partial charge on any atom is 0.204 e. The summed E-state index contributed by atoms with van der Waals surface area (Å²) in [5, 5.41) is 9.29. The first-order valence-electron chi connectivity index (χ1n) is 5.25. The summed E-state index contributed by atoms with van der Waals surface area (Å²) in [7, 11) is -7.20.